The number of furan rings is 1. The van der Waals surface area contributed by atoms with Gasteiger partial charge >= 0.3 is 0 Å². The molecule has 0 atom stereocenters. The molecule has 2 rings (SSSR count). The molecule has 2 aromatic rings. The van der Waals surface area contributed by atoms with Gasteiger partial charge in [-0.1, -0.05) is 11.6 Å². The van der Waals surface area contributed by atoms with E-state index < -0.39 is 5.82 Å². The third-order valence-electron chi connectivity index (χ3n) is 2.10. The van der Waals surface area contributed by atoms with Crippen LogP contribution in [0, 0.1) is 5.82 Å². The van der Waals surface area contributed by atoms with E-state index in [0.717, 1.165) is 0 Å². The molecular formula is C12H8ClFO2. The Bertz CT molecular complexity index is 525. The van der Waals surface area contributed by atoms with Crippen molar-refractivity contribution in [3.8, 4) is 11.3 Å². The zero-order valence-corrected chi connectivity index (χ0v) is 9.22. The van der Waals surface area contributed by atoms with Crippen LogP contribution in [-0.2, 0) is 0 Å². The molecule has 0 fully saturated rings. The first kappa shape index (κ1) is 10.9. The Balaban J connectivity index is 2.46. The summed E-state index contributed by atoms with van der Waals surface area (Å²) in [5.74, 6) is 0.0546. The van der Waals surface area contributed by atoms with Gasteiger partial charge < -0.3 is 4.42 Å². The maximum Gasteiger partial charge on any atom is 0.194 e. The van der Waals surface area contributed by atoms with Gasteiger partial charge in [0, 0.05) is 17.5 Å². The van der Waals surface area contributed by atoms with Gasteiger partial charge in [-0.25, -0.2) is 4.39 Å². The summed E-state index contributed by atoms with van der Waals surface area (Å²) in [5.41, 5.74) is 0.512. The molecule has 0 amide bonds. The van der Waals surface area contributed by atoms with Crippen LogP contribution in [0.5, 0.6) is 0 Å². The zero-order chi connectivity index (χ0) is 11.7. The Labute approximate surface area is 96.6 Å². The highest BCUT2D eigenvalue weighted by Crippen LogP contribution is 2.26. The number of benzene rings is 1. The summed E-state index contributed by atoms with van der Waals surface area (Å²) >= 11 is 5.72. The molecular weight excluding hydrogens is 231 g/mol. The second-order valence-electron chi connectivity index (χ2n) is 3.38. The first-order valence-corrected chi connectivity index (χ1v) is 5.01. The highest BCUT2D eigenvalue weighted by Gasteiger charge is 2.09. The molecule has 16 heavy (non-hydrogen) atoms. The molecule has 0 radical (unpaired) electrons. The predicted molar refractivity (Wildman–Crippen MR) is 59.1 cm³/mol. The number of ketones is 1. The number of carbonyl (C=O) groups excluding carboxylic acids is 1. The quantitative estimate of drug-likeness (QED) is 0.742. The summed E-state index contributed by atoms with van der Waals surface area (Å²) in [4.78, 5) is 11.0. The molecule has 4 heteroatoms. The van der Waals surface area contributed by atoms with E-state index >= 15 is 0 Å². The topological polar surface area (TPSA) is 30.2 Å². The highest BCUT2D eigenvalue weighted by molar-refractivity contribution is 6.30. The summed E-state index contributed by atoms with van der Waals surface area (Å²) < 4.78 is 18.4. The Hall–Kier alpha value is -1.61. The van der Waals surface area contributed by atoms with E-state index in [1.807, 2.05) is 0 Å². The van der Waals surface area contributed by atoms with E-state index in [1.54, 1.807) is 18.2 Å². The highest BCUT2D eigenvalue weighted by atomic mass is 35.5. The smallest absolute Gasteiger partial charge is 0.194 e. The van der Waals surface area contributed by atoms with E-state index in [9.17, 15) is 9.18 Å². The summed E-state index contributed by atoms with van der Waals surface area (Å²) in [5, 5.41) is 0.288. The molecule has 0 aliphatic rings. The lowest BCUT2D eigenvalue weighted by molar-refractivity contribution is 0.0988. The number of rotatable bonds is 2. The second-order valence-corrected chi connectivity index (χ2v) is 3.81. The van der Waals surface area contributed by atoms with Crippen LogP contribution >= 0.6 is 11.6 Å². The molecule has 0 unspecified atom stereocenters. The lowest BCUT2D eigenvalue weighted by atomic mass is 10.2. The molecule has 1 aromatic heterocycles. The molecule has 1 aromatic carbocycles. The number of halogens is 2. The van der Waals surface area contributed by atoms with Crippen LogP contribution in [-0.4, -0.2) is 5.78 Å². The fourth-order valence-electron chi connectivity index (χ4n) is 1.38. The summed E-state index contributed by atoms with van der Waals surface area (Å²) in [6.45, 7) is 1.40. The van der Waals surface area contributed by atoms with E-state index in [0.29, 0.717) is 11.3 Å². The van der Waals surface area contributed by atoms with Crippen molar-refractivity contribution in [3.05, 3.63) is 46.9 Å². The summed E-state index contributed by atoms with van der Waals surface area (Å²) in [6, 6.07) is 7.25. The van der Waals surface area contributed by atoms with Crippen LogP contribution in [0.1, 0.15) is 17.5 Å². The zero-order valence-electron chi connectivity index (χ0n) is 8.46. The molecule has 0 aliphatic carbocycles. The van der Waals surface area contributed by atoms with Gasteiger partial charge in [-0.05, 0) is 30.3 Å². The normalized spacial score (nSPS) is 10.4. The van der Waals surface area contributed by atoms with Crippen molar-refractivity contribution in [2.75, 3.05) is 0 Å². The van der Waals surface area contributed by atoms with Crippen molar-refractivity contribution in [1.29, 1.82) is 0 Å². The molecule has 2 nitrogen and oxygen atoms in total. The van der Waals surface area contributed by atoms with Crippen LogP contribution < -0.4 is 0 Å². The third kappa shape index (κ3) is 2.14. The number of hydrogen-bond acceptors (Lipinski definition) is 2. The summed E-state index contributed by atoms with van der Waals surface area (Å²) in [6.07, 6.45) is 0. The van der Waals surface area contributed by atoms with Gasteiger partial charge in [0.1, 0.15) is 11.6 Å². The number of Topliss-reactive ketones (excluding diaryl/α,β-unsaturated/α-hetero) is 1. The van der Waals surface area contributed by atoms with Gasteiger partial charge in [0.15, 0.2) is 11.5 Å². The third-order valence-corrected chi connectivity index (χ3v) is 2.32. The SMILES string of the molecule is CC(=O)c1ccc(-c2cc(F)cc(Cl)c2)o1. The summed E-state index contributed by atoms with van der Waals surface area (Å²) in [7, 11) is 0. The minimum Gasteiger partial charge on any atom is -0.453 e. The molecule has 0 N–H and O–H groups in total. The maximum absolute atomic E-state index is 13.1. The van der Waals surface area contributed by atoms with Crippen LogP contribution in [0.25, 0.3) is 11.3 Å². The maximum atomic E-state index is 13.1. The Morgan fingerprint density at radius 3 is 2.62 bits per heavy atom. The molecule has 0 saturated heterocycles. The second kappa shape index (κ2) is 4.10. The Morgan fingerprint density at radius 2 is 2.06 bits per heavy atom. The molecule has 0 spiro atoms. The minimum absolute atomic E-state index is 0.172. The Kier molecular flexibility index (Phi) is 2.79. The van der Waals surface area contributed by atoms with Gasteiger partial charge in [-0.2, -0.15) is 0 Å². The average Bonchev–Trinajstić information content (AvgIpc) is 2.64. The lowest BCUT2D eigenvalue weighted by Gasteiger charge is -1.98. The van der Waals surface area contributed by atoms with Crippen molar-refractivity contribution in [1.82, 2.24) is 0 Å². The van der Waals surface area contributed by atoms with Gasteiger partial charge in [-0.15, -0.1) is 0 Å². The monoisotopic (exact) mass is 238 g/mol. The lowest BCUT2D eigenvalue weighted by Crippen LogP contribution is -1.86. The molecule has 0 aliphatic heterocycles. The van der Waals surface area contributed by atoms with Crippen LogP contribution in [0.3, 0.4) is 0 Å². The first-order valence-electron chi connectivity index (χ1n) is 4.63. The van der Waals surface area contributed by atoms with Crippen LogP contribution in [0.15, 0.2) is 34.7 Å². The molecule has 82 valence electrons. The minimum atomic E-state index is -0.441. The van der Waals surface area contributed by atoms with Crippen molar-refractivity contribution < 1.29 is 13.6 Å². The fourth-order valence-corrected chi connectivity index (χ4v) is 1.60. The van der Waals surface area contributed by atoms with Crippen molar-refractivity contribution >= 4 is 17.4 Å². The number of carbonyl (C=O) groups is 1. The average molecular weight is 239 g/mol. The first-order chi connectivity index (χ1) is 7.56. The Morgan fingerprint density at radius 1 is 1.31 bits per heavy atom. The van der Waals surface area contributed by atoms with E-state index in [4.69, 9.17) is 16.0 Å². The van der Waals surface area contributed by atoms with E-state index in [2.05, 4.69) is 0 Å². The predicted octanol–water partition coefficient (Wildman–Crippen LogP) is 3.94. The van der Waals surface area contributed by atoms with Gasteiger partial charge in [0.2, 0.25) is 0 Å². The van der Waals surface area contributed by atoms with Crippen molar-refractivity contribution in [2.45, 2.75) is 6.92 Å². The van der Waals surface area contributed by atoms with Crippen molar-refractivity contribution in [3.63, 3.8) is 0 Å². The largest absolute Gasteiger partial charge is 0.453 e. The van der Waals surface area contributed by atoms with Crippen molar-refractivity contribution in [2.24, 2.45) is 0 Å². The molecule has 0 bridgehead atoms. The number of hydrogen-bond donors (Lipinski definition) is 0. The van der Waals surface area contributed by atoms with Gasteiger partial charge in [0.05, 0.1) is 0 Å². The van der Waals surface area contributed by atoms with Gasteiger partial charge in [0.25, 0.3) is 0 Å². The van der Waals surface area contributed by atoms with E-state index in [1.165, 1.54) is 19.1 Å². The van der Waals surface area contributed by atoms with E-state index in [-0.39, 0.29) is 16.6 Å². The standard InChI is InChI=1S/C12H8ClFO2/c1-7(15)11-2-3-12(16-11)8-4-9(13)6-10(14)5-8/h2-6H,1H3. The molecule has 0 saturated carbocycles. The van der Waals surface area contributed by atoms with Crippen LogP contribution in [0.2, 0.25) is 5.02 Å². The van der Waals surface area contributed by atoms with Crippen LogP contribution in [0.4, 0.5) is 4.39 Å². The molecule has 1 heterocycles. The fraction of sp³-hybridized carbons (Fsp3) is 0.0833. The van der Waals surface area contributed by atoms with Gasteiger partial charge in [-0.3, -0.25) is 4.79 Å².